The van der Waals surface area contributed by atoms with E-state index in [1.54, 1.807) is 9.80 Å². The van der Waals surface area contributed by atoms with Crippen LogP contribution in [0.5, 0.6) is 0 Å². The average molecular weight is 287 g/mol. The number of ether oxygens (including phenoxy) is 1. The molecular formula is C12H21N3O3S. The van der Waals surface area contributed by atoms with Gasteiger partial charge in [0, 0.05) is 13.1 Å². The maximum Gasteiger partial charge on any atom is 0.410 e. The number of fused-ring (bicyclic) bond motifs is 2. The van der Waals surface area contributed by atoms with Gasteiger partial charge in [-0.3, -0.25) is 4.72 Å². The summed E-state index contributed by atoms with van der Waals surface area (Å²) in [6, 6.07) is -0.0449. The van der Waals surface area contributed by atoms with E-state index in [4.69, 9.17) is 4.74 Å². The number of carbonyl (C=O) groups is 2. The Bertz CT molecular complexity index is 369. The predicted octanol–water partition coefficient (Wildman–Crippen LogP) is 1.62. The minimum atomic E-state index is -0.490. The number of amides is 3. The lowest BCUT2D eigenvalue weighted by molar-refractivity contribution is 0.00774. The van der Waals surface area contributed by atoms with Gasteiger partial charge < -0.3 is 14.5 Å². The molecule has 7 heteroatoms. The molecule has 2 aliphatic heterocycles. The number of nitrogens with zero attached hydrogens (tertiary/aromatic N) is 2. The van der Waals surface area contributed by atoms with E-state index < -0.39 is 5.60 Å². The van der Waals surface area contributed by atoms with Gasteiger partial charge in [-0.2, -0.15) is 0 Å². The van der Waals surface area contributed by atoms with E-state index >= 15 is 0 Å². The molecule has 2 fully saturated rings. The summed E-state index contributed by atoms with van der Waals surface area (Å²) >= 11 is 3.81. The molecule has 19 heavy (non-hydrogen) atoms. The standard InChI is InChI=1S/C12H21N3O3S/c1-12(2,3)18-11(17)14-6-8-4-5-9(7-14)15(8)10(16)13-19/h8-9,19H,4-7H2,1-3H3,(H,13,16)/t8-,9+. The monoisotopic (exact) mass is 287 g/mol. The Morgan fingerprint density at radius 3 is 2.16 bits per heavy atom. The summed E-state index contributed by atoms with van der Waals surface area (Å²) in [5, 5.41) is 0. The van der Waals surface area contributed by atoms with Gasteiger partial charge in [-0.25, -0.2) is 9.59 Å². The van der Waals surface area contributed by atoms with Gasteiger partial charge in [-0.1, -0.05) is 12.8 Å². The topological polar surface area (TPSA) is 61.9 Å². The minimum absolute atomic E-state index is 0.0680. The smallest absolute Gasteiger partial charge is 0.410 e. The minimum Gasteiger partial charge on any atom is -0.444 e. The molecule has 2 bridgehead atoms. The third-order valence-electron chi connectivity index (χ3n) is 3.46. The van der Waals surface area contributed by atoms with Crippen molar-refractivity contribution in [3.8, 4) is 0 Å². The van der Waals surface area contributed by atoms with Gasteiger partial charge >= 0.3 is 12.1 Å². The lowest BCUT2D eigenvalue weighted by atomic mass is 10.2. The molecule has 0 aromatic carbocycles. The Morgan fingerprint density at radius 1 is 1.21 bits per heavy atom. The molecule has 0 radical (unpaired) electrons. The first kappa shape index (κ1) is 14.3. The Kier molecular flexibility index (Phi) is 3.85. The number of carbonyl (C=O) groups excluding carboxylic acids is 2. The number of hydrogen-bond donors (Lipinski definition) is 2. The first-order chi connectivity index (χ1) is 8.81. The van der Waals surface area contributed by atoms with Crippen molar-refractivity contribution in [2.45, 2.75) is 51.3 Å². The van der Waals surface area contributed by atoms with Gasteiger partial charge in [0.1, 0.15) is 5.60 Å². The Balaban J connectivity index is 2.00. The molecule has 0 saturated carbocycles. The highest BCUT2D eigenvalue weighted by molar-refractivity contribution is 7.78. The van der Waals surface area contributed by atoms with Crippen LogP contribution in [0, 0.1) is 0 Å². The van der Waals surface area contributed by atoms with Gasteiger partial charge in [0.25, 0.3) is 0 Å². The SMILES string of the molecule is CC(C)(C)OC(=O)N1C[C@H]2CC[C@@H](C1)N2C(=O)NS. The van der Waals surface area contributed by atoms with E-state index in [1.165, 1.54) is 0 Å². The summed E-state index contributed by atoms with van der Waals surface area (Å²) in [5.74, 6) is 0. The third kappa shape index (κ3) is 3.08. The molecule has 2 heterocycles. The zero-order valence-electron chi connectivity index (χ0n) is 11.5. The van der Waals surface area contributed by atoms with Crippen molar-refractivity contribution in [3.63, 3.8) is 0 Å². The number of hydrogen-bond acceptors (Lipinski definition) is 4. The number of rotatable bonds is 0. The second kappa shape index (κ2) is 5.11. The summed E-state index contributed by atoms with van der Waals surface area (Å²) in [4.78, 5) is 27.3. The fourth-order valence-electron chi connectivity index (χ4n) is 2.77. The Morgan fingerprint density at radius 2 is 1.74 bits per heavy atom. The van der Waals surface area contributed by atoms with Crippen LogP contribution in [-0.4, -0.2) is 52.7 Å². The second-order valence-corrected chi connectivity index (χ2v) is 6.32. The van der Waals surface area contributed by atoms with Crippen LogP contribution < -0.4 is 4.72 Å². The molecule has 6 nitrogen and oxygen atoms in total. The average Bonchev–Trinajstić information content (AvgIpc) is 2.56. The van der Waals surface area contributed by atoms with E-state index in [-0.39, 0.29) is 24.2 Å². The molecule has 2 rings (SSSR count). The number of urea groups is 1. The van der Waals surface area contributed by atoms with Crippen molar-refractivity contribution >= 4 is 24.9 Å². The first-order valence-corrected chi connectivity index (χ1v) is 6.97. The van der Waals surface area contributed by atoms with Crippen molar-refractivity contribution in [2.24, 2.45) is 0 Å². The largest absolute Gasteiger partial charge is 0.444 e. The van der Waals surface area contributed by atoms with Crippen molar-refractivity contribution in [3.05, 3.63) is 0 Å². The molecule has 1 N–H and O–H groups in total. The van der Waals surface area contributed by atoms with Gasteiger partial charge in [0.15, 0.2) is 0 Å². The molecule has 0 spiro atoms. The quantitative estimate of drug-likeness (QED) is 0.666. The van der Waals surface area contributed by atoms with E-state index in [2.05, 4.69) is 17.5 Å². The van der Waals surface area contributed by atoms with Crippen molar-refractivity contribution < 1.29 is 14.3 Å². The summed E-state index contributed by atoms with van der Waals surface area (Å²) in [5.41, 5.74) is -0.490. The molecular weight excluding hydrogens is 266 g/mol. The molecule has 108 valence electrons. The molecule has 0 unspecified atom stereocenters. The van der Waals surface area contributed by atoms with Gasteiger partial charge in [-0.05, 0) is 33.6 Å². The molecule has 2 saturated heterocycles. The number of likely N-dealkylation sites (tertiary alicyclic amines) is 1. The summed E-state index contributed by atoms with van der Waals surface area (Å²) in [6.07, 6.45) is 1.55. The van der Waals surface area contributed by atoms with Crippen LogP contribution in [0.25, 0.3) is 0 Å². The van der Waals surface area contributed by atoms with Crippen LogP contribution in [-0.2, 0) is 4.74 Å². The zero-order chi connectivity index (χ0) is 14.2. The highest BCUT2D eigenvalue weighted by Crippen LogP contribution is 2.30. The van der Waals surface area contributed by atoms with Crippen molar-refractivity contribution in [1.82, 2.24) is 14.5 Å². The molecule has 2 atom stereocenters. The fraction of sp³-hybridized carbons (Fsp3) is 0.833. The maximum atomic E-state index is 12.0. The van der Waals surface area contributed by atoms with Crippen LogP contribution in [0.3, 0.4) is 0 Å². The molecule has 2 aliphatic rings. The van der Waals surface area contributed by atoms with Gasteiger partial charge in [0.2, 0.25) is 0 Å². The maximum absolute atomic E-state index is 12.0. The van der Waals surface area contributed by atoms with Crippen LogP contribution in [0.4, 0.5) is 9.59 Å². The van der Waals surface area contributed by atoms with E-state index in [0.29, 0.717) is 13.1 Å². The first-order valence-electron chi connectivity index (χ1n) is 6.52. The second-order valence-electron chi connectivity index (χ2n) is 6.09. The highest BCUT2D eigenvalue weighted by atomic mass is 32.1. The van der Waals surface area contributed by atoms with Crippen LogP contribution >= 0.6 is 12.8 Å². The van der Waals surface area contributed by atoms with Crippen LogP contribution in [0.2, 0.25) is 0 Å². The van der Waals surface area contributed by atoms with E-state index in [0.717, 1.165) is 12.8 Å². The van der Waals surface area contributed by atoms with Crippen LogP contribution in [0.1, 0.15) is 33.6 Å². The Labute approximate surface area is 119 Å². The van der Waals surface area contributed by atoms with Crippen molar-refractivity contribution in [1.29, 1.82) is 0 Å². The van der Waals surface area contributed by atoms with E-state index in [1.807, 2.05) is 20.8 Å². The molecule has 0 aromatic rings. The molecule has 0 aromatic heterocycles. The summed E-state index contributed by atoms with van der Waals surface area (Å²) in [6.45, 7) is 6.62. The summed E-state index contributed by atoms with van der Waals surface area (Å²) in [7, 11) is 0. The third-order valence-corrected chi connectivity index (χ3v) is 3.66. The normalized spacial score (nSPS) is 26.3. The van der Waals surface area contributed by atoms with Crippen LogP contribution in [0.15, 0.2) is 0 Å². The summed E-state index contributed by atoms with van der Waals surface area (Å²) < 4.78 is 7.74. The number of nitrogens with one attached hydrogen (secondary N) is 1. The number of piperazine rings is 1. The fourth-order valence-corrected chi connectivity index (χ4v) is 2.88. The highest BCUT2D eigenvalue weighted by Gasteiger charge is 2.44. The Hall–Kier alpha value is -1.11. The van der Waals surface area contributed by atoms with Gasteiger partial charge in [0.05, 0.1) is 12.1 Å². The molecule has 3 amide bonds. The lowest BCUT2D eigenvalue weighted by Crippen LogP contribution is -2.58. The lowest BCUT2D eigenvalue weighted by Gasteiger charge is -2.40. The predicted molar refractivity (Wildman–Crippen MR) is 74.0 cm³/mol. The van der Waals surface area contributed by atoms with Gasteiger partial charge in [-0.15, -0.1) is 0 Å². The zero-order valence-corrected chi connectivity index (χ0v) is 12.4. The van der Waals surface area contributed by atoms with E-state index in [9.17, 15) is 9.59 Å². The number of thiol groups is 1. The van der Waals surface area contributed by atoms with Crippen molar-refractivity contribution in [2.75, 3.05) is 13.1 Å². The molecule has 0 aliphatic carbocycles.